The second-order valence-corrected chi connectivity index (χ2v) is 4.57. The van der Waals surface area contributed by atoms with Gasteiger partial charge in [0.15, 0.2) is 0 Å². The lowest BCUT2D eigenvalue weighted by atomic mass is 10.2. The number of halogens is 1. The summed E-state index contributed by atoms with van der Waals surface area (Å²) in [5.74, 6) is 0.226. The molecular formula is C11H16BrN3O. The van der Waals surface area contributed by atoms with E-state index in [0.717, 1.165) is 10.2 Å². The fourth-order valence-electron chi connectivity index (χ4n) is 1.43. The molecule has 1 unspecified atom stereocenters. The van der Waals surface area contributed by atoms with Crippen LogP contribution in [0.5, 0.6) is 0 Å². The molecule has 1 aromatic rings. The summed E-state index contributed by atoms with van der Waals surface area (Å²) in [5.41, 5.74) is 7.62. The summed E-state index contributed by atoms with van der Waals surface area (Å²) in [7, 11) is 0. The summed E-state index contributed by atoms with van der Waals surface area (Å²) >= 11 is 3.52. The summed E-state index contributed by atoms with van der Waals surface area (Å²) in [4.78, 5) is 0. The monoisotopic (exact) mass is 285 g/mol. The molecule has 0 amide bonds. The van der Waals surface area contributed by atoms with Crippen LogP contribution in [-0.4, -0.2) is 17.1 Å². The van der Waals surface area contributed by atoms with Gasteiger partial charge in [0.2, 0.25) is 0 Å². The first-order chi connectivity index (χ1) is 7.54. The molecule has 4 nitrogen and oxygen atoms in total. The van der Waals surface area contributed by atoms with Gasteiger partial charge in [0, 0.05) is 22.6 Å². The van der Waals surface area contributed by atoms with E-state index < -0.39 is 0 Å². The fraction of sp³-hybridized carbons (Fsp3) is 0.364. The number of aryl methyl sites for hydroxylation is 1. The van der Waals surface area contributed by atoms with Gasteiger partial charge in [-0.15, -0.1) is 0 Å². The van der Waals surface area contributed by atoms with Crippen LogP contribution >= 0.6 is 15.9 Å². The lowest BCUT2D eigenvalue weighted by Gasteiger charge is -2.16. The van der Waals surface area contributed by atoms with Crippen LogP contribution in [0.1, 0.15) is 18.9 Å². The van der Waals surface area contributed by atoms with Gasteiger partial charge < -0.3 is 16.3 Å². The van der Waals surface area contributed by atoms with Gasteiger partial charge in [0.25, 0.3) is 0 Å². The van der Waals surface area contributed by atoms with Crippen molar-refractivity contribution in [3.63, 3.8) is 0 Å². The van der Waals surface area contributed by atoms with Crippen molar-refractivity contribution in [2.24, 2.45) is 10.9 Å². The predicted octanol–water partition coefficient (Wildman–Crippen LogP) is 2.69. The van der Waals surface area contributed by atoms with Crippen molar-refractivity contribution in [2.75, 3.05) is 5.32 Å². The molecule has 0 aliphatic rings. The van der Waals surface area contributed by atoms with E-state index in [9.17, 15) is 0 Å². The Morgan fingerprint density at radius 3 is 2.94 bits per heavy atom. The number of oxime groups is 1. The number of nitrogens with zero attached hydrogens (tertiary/aromatic N) is 1. The predicted molar refractivity (Wildman–Crippen MR) is 70.0 cm³/mol. The van der Waals surface area contributed by atoms with E-state index in [4.69, 9.17) is 10.9 Å². The number of anilines is 1. The maximum Gasteiger partial charge on any atom is 0.141 e. The molecule has 1 atom stereocenters. The number of nitrogens with two attached hydrogens (primary N) is 1. The Kier molecular flexibility index (Phi) is 4.61. The van der Waals surface area contributed by atoms with Gasteiger partial charge in [0.1, 0.15) is 5.84 Å². The SMILES string of the molecule is Cc1cccc(NC(C)C/C(N)=N/O)c1Br. The van der Waals surface area contributed by atoms with Gasteiger partial charge in [-0.3, -0.25) is 0 Å². The van der Waals surface area contributed by atoms with E-state index in [1.54, 1.807) is 0 Å². The van der Waals surface area contributed by atoms with Crippen LogP contribution in [0.15, 0.2) is 27.8 Å². The lowest BCUT2D eigenvalue weighted by Crippen LogP contribution is -2.24. The summed E-state index contributed by atoms with van der Waals surface area (Å²) in [6, 6.07) is 6.11. The minimum Gasteiger partial charge on any atom is -0.409 e. The first kappa shape index (κ1) is 12.8. The first-order valence-corrected chi connectivity index (χ1v) is 5.82. The van der Waals surface area contributed by atoms with Crippen molar-refractivity contribution in [2.45, 2.75) is 26.3 Å². The van der Waals surface area contributed by atoms with Gasteiger partial charge in [-0.25, -0.2) is 0 Å². The largest absolute Gasteiger partial charge is 0.409 e. The molecule has 5 heteroatoms. The van der Waals surface area contributed by atoms with E-state index >= 15 is 0 Å². The molecule has 0 aliphatic carbocycles. The number of nitrogens with one attached hydrogen (secondary N) is 1. The highest BCUT2D eigenvalue weighted by molar-refractivity contribution is 9.10. The van der Waals surface area contributed by atoms with Crippen molar-refractivity contribution in [1.82, 2.24) is 0 Å². The smallest absolute Gasteiger partial charge is 0.141 e. The minimum atomic E-state index is 0.106. The zero-order valence-corrected chi connectivity index (χ0v) is 11.0. The fourth-order valence-corrected chi connectivity index (χ4v) is 1.81. The van der Waals surface area contributed by atoms with Gasteiger partial charge in [-0.2, -0.15) is 0 Å². The zero-order valence-electron chi connectivity index (χ0n) is 9.37. The van der Waals surface area contributed by atoms with E-state index in [2.05, 4.69) is 26.4 Å². The number of hydrogen-bond donors (Lipinski definition) is 3. The average Bonchev–Trinajstić information content (AvgIpc) is 2.24. The van der Waals surface area contributed by atoms with E-state index in [-0.39, 0.29) is 11.9 Å². The number of amidine groups is 1. The Morgan fingerprint density at radius 2 is 2.31 bits per heavy atom. The van der Waals surface area contributed by atoms with Crippen molar-refractivity contribution in [3.8, 4) is 0 Å². The molecule has 0 saturated heterocycles. The molecule has 0 fully saturated rings. The van der Waals surface area contributed by atoms with Crippen LogP contribution < -0.4 is 11.1 Å². The third-order valence-electron chi connectivity index (χ3n) is 2.24. The highest BCUT2D eigenvalue weighted by Gasteiger charge is 2.08. The molecule has 0 aliphatic heterocycles. The maximum absolute atomic E-state index is 8.47. The van der Waals surface area contributed by atoms with Gasteiger partial charge in [-0.05, 0) is 41.4 Å². The van der Waals surface area contributed by atoms with Crippen molar-refractivity contribution in [1.29, 1.82) is 0 Å². The summed E-state index contributed by atoms with van der Waals surface area (Å²) in [6.07, 6.45) is 0.497. The summed E-state index contributed by atoms with van der Waals surface area (Å²) in [5, 5.41) is 14.7. The molecule has 0 radical (unpaired) electrons. The molecule has 88 valence electrons. The second-order valence-electron chi connectivity index (χ2n) is 3.78. The van der Waals surface area contributed by atoms with Crippen LogP contribution in [0.25, 0.3) is 0 Å². The molecule has 4 N–H and O–H groups in total. The average molecular weight is 286 g/mol. The quantitative estimate of drug-likeness (QED) is 0.345. The topological polar surface area (TPSA) is 70.6 Å². The number of rotatable bonds is 4. The van der Waals surface area contributed by atoms with Gasteiger partial charge in [-0.1, -0.05) is 17.3 Å². The van der Waals surface area contributed by atoms with Crippen LogP contribution in [0.3, 0.4) is 0 Å². The van der Waals surface area contributed by atoms with Gasteiger partial charge >= 0.3 is 0 Å². The van der Waals surface area contributed by atoms with Crippen LogP contribution in [0, 0.1) is 6.92 Å². The van der Waals surface area contributed by atoms with Gasteiger partial charge in [0.05, 0.1) is 0 Å². The van der Waals surface area contributed by atoms with Crippen molar-refractivity contribution in [3.05, 3.63) is 28.2 Å². The molecule has 1 aromatic carbocycles. The summed E-state index contributed by atoms with van der Waals surface area (Å²) in [6.45, 7) is 4.01. The standard InChI is InChI=1S/C11H16BrN3O/c1-7-4-3-5-9(11(7)12)14-8(2)6-10(13)15-16/h3-5,8,14,16H,6H2,1-2H3,(H2,13,15). The Hall–Kier alpha value is -1.23. The van der Waals surface area contributed by atoms with Crippen LogP contribution in [-0.2, 0) is 0 Å². The molecule has 1 rings (SSSR count). The normalized spacial score (nSPS) is 13.6. The van der Waals surface area contributed by atoms with Crippen LogP contribution in [0.2, 0.25) is 0 Å². The first-order valence-electron chi connectivity index (χ1n) is 5.02. The van der Waals surface area contributed by atoms with E-state index in [0.29, 0.717) is 6.42 Å². The maximum atomic E-state index is 8.47. The third-order valence-corrected chi connectivity index (χ3v) is 3.29. The highest BCUT2D eigenvalue weighted by Crippen LogP contribution is 2.26. The Bertz CT molecular complexity index is 393. The second kappa shape index (κ2) is 5.75. The van der Waals surface area contributed by atoms with Crippen LogP contribution in [0.4, 0.5) is 5.69 Å². The third kappa shape index (κ3) is 3.41. The van der Waals surface area contributed by atoms with Crippen molar-refractivity contribution < 1.29 is 5.21 Å². The molecule has 0 heterocycles. The lowest BCUT2D eigenvalue weighted by molar-refractivity contribution is 0.316. The minimum absolute atomic E-state index is 0.106. The molecule has 0 spiro atoms. The Morgan fingerprint density at radius 1 is 1.62 bits per heavy atom. The van der Waals surface area contributed by atoms with E-state index in [1.165, 1.54) is 5.56 Å². The molecule has 0 saturated carbocycles. The highest BCUT2D eigenvalue weighted by atomic mass is 79.9. The number of hydrogen-bond acceptors (Lipinski definition) is 3. The van der Waals surface area contributed by atoms with Crippen molar-refractivity contribution >= 4 is 27.5 Å². The summed E-state index contributed by atoms with van der Waals surface area (Å²) < 4.78 is 1.04. The molecular weight excluding hydrogens is 270 g/mol. The van der Waals surface area contributed by atoms with E-state index in [1.807, 2.05) is 32.0 Å². The Labute approximate surface area is 104 Å². The molecule has 0 aromatic heterocycles. The number of benzene rings is 1. The zero-order chi connectivity index (χ0) is 12.1. The molecule has 0 bridgehead atoms. The molecule has 16 heavy (non-hydrogen) atoms. The Balaban J connectivity index is 2.70.